The predicted molar refractivity (Wildman–Crippen MR) is 117 cm³/mol. The number of nitrogens with one attached hydrogen (secondary N) is 1. The summed E-state index contributed by atoms with van der Waals surface area (Å²) in [7, 11) is 0. The Balaban J connectivity index is 2.14. The van der Waals surface area contributed by atoms with Crippen molar-refractivity contribution >= 4 is 11.6 Å². The highest BCUT2D eigenvalue weighted by Gasteiger charge is 2.22. The third-order valence-electron chi connectivity index (χ3n) is 5.03. The molecule has 1 N–H and O–H groups in total. The Hall–Kier alpha value is -3.21. The van der Waals surface area contributed by atoms with Crippen molar-refractivity contribution in [3.05, 3.63) is 81.8 Å². The minimum absolute atomic E-state index is 0.133. The zero-order valence-electron chi connectivity index (χ0n) is 17.2. The van der Waals surface area contributed by atoms with Crippen molar-refractivity contribution < 1.29 is 4.79 Å². The quantitative estimate of drug-likeness (QED) is 0.580. The number of pyridine rings is 2. The molecule has 0 spiro atoms. The number of amides is 1. The predicted octanol–water partition coefficient (Wildman–Crippen LogP) is 4.97. The first-order chi connectivity index (χ1) is 14.0. The van der Waals surface area contributed by atoms with Gasteiger partial charge in [0.2, 0.25) is 0 Å². The number of rotatable bonds is 7. The third-order valence-corrected chi connectivity index (χ3v) is 5.03. The molecule has 5 nitrogen and oxygen atoms in total. The molecule has 2 aromatic heterocycles. The van der Waals surface area contributed by atoms with Crippen molar-refractivity contribution in [3.63, 3.8) is 0 Å². The summed E-state index contributed by atoms with van der Waals surface area (Å²) in [5.41, 5.74) is 3.52. The van der Waals surface area contributed by atoms with Gasteiger partial charge < -0.3 is 9.88 Å². The van der Waals surface area contributed by atoms with Gasteiger partial charge in [-0.05, 0) is 44.0 Å². The van der Waals surface area contributed by atoms with Crippen LogP contribution in [0.4, 0.5) is 5.69 Å². The second kappa shape index (κ2) is 9.32. The molecule has 3 rings (SSSR count). The first kappa shape index (κ1) is 20.5. The number of anilines is 1. The van der Waals surface area contributed by atoms with Gasteiger partial charge in [-0.1, -0.05) is 44.0 Å². The molecule has 1 aromatic carbocycles. The molecule has 0 bridgehead atoms. The van der Waals surface area contributed by atoms with Crippen LogP contribution in [0, 0.1) is 13.8 Å². The molecule has 0 aliphatic rings. The first-order valence-electron chi connectivity index (χ1n) is 10.1. The van der Waals surface area contributed by atoms with E-state index in [0.29, 0.717) is 17.1 Å². The molecule has 0 fully saturated rings. The molecule has 5 heteroatoms. The van der Waals surface area contributed by atoms with E-state index in [2.05, 4.69) is 17.2 Å². The van der Waals surface area contributed by atoms with Crippen LogP contribution in [0.25, 0.3) is 11.4 Å². The highest BCUT2D eigenvalue weighted by molar-refractivity contribution is 6.08. The summed E-state index contributed by atoms with van der Waals surface area (Å²) in [5.74, 6) is -0.408. The van der Waals surface area contributed by atoms with Crippen molar-refractivity contribution in [1.82, 2.24) is 9.55 Å². The number of carbonyl (C=O) groups is 1. The van der Waals surface area contributed by atoms with Crippen LogP contribution in [0.15, 0.2) is 59.5 Å². The lowest BCUT2D eigenvalue weighted by Crippen LogP contribution is -2.27. The molecule has 29 heavy (non-hydrogen) atoms. The topological polar surface area (TPSA) is 64.0 Å². The van der Waals surface area contributed by atoms with Gasteiger partial charge >= 0.3 is 0 Å². The van der Waals surface area contributed by atoms with Crippen LogP contribution in [0.3, 0.4) is 0 Å². The van der Waals surface area contributed by atoms with E-state index in [4.69, 9.17) is 0 Å². The van der Waals surface area contributed by atoms with Crippen molar-refractivity contribution in [2.24, 2.45) is 0 Å². The van der Waals surface area contributed by atoms with Gasteiger partial charge in [0.1, 0.15) is 5.56 Å². The smallest absolute Gasteiger partial charge is 0.261 e. The molecule has 2 heterocycles. The SMILES string of the molecule is CCCCCn1c(C)cc(=O)c(C(=O)Nc2ccccc2C)c1-c1ccccn1. The van der Waals surface area contributed by atoms with E-state index in [9.17, 15) is 9.59 Å². The standard InChI is InChI=1S/C24H27N3O2/c1-4-5-10-15-27-18(3)16-21(28)22(23(27)20-13-8-9-14-25-20)24(29)26-19-12-7-6-11-17(19)2/h6-9,11-14,16H,4-5,10,15H2,1-3H3,(H,26,29). The Morgan fingerprint density at radius 3 is 2.52 bits per heavy atom. The summed E-state index contributed by atoms with van der Waals surface area (Å²) in [5, 5.41) is 2.91. The lowest BCUT2D eigenvalue weighted by atomic mass is 10.1. The van der Waals surface area contributed by atoms with Crippen LogP contribution < -0.4 is 10.7 Å². The third kappa shape index (κ3) is 4.62. The van der Waals surface area contributed by atoms with Gasteiger partial charge in [-0.15, -0.1) is 0 Å². The average Bonchev–Trinajstić information content (AvgIpc) is 2.71. The van der Waals surface area contributed by atoms with Crippen LogP contribution >= 0.6 is 0 Å². The number of nitrogens with zero attached hydrogens (tertiary/aromatic N) is 2. The van der Waals surface area contributed by atoms with E-state index < -0.39 is 5.91 Å². The van der Waals surface area contributed by atoms with E-state index in [1.54, 1.807) is 12.3 Å². The summed E-state index contributed by atoms with van der Waals surface area (Å²) in [6, 6.07) is 14.6. The Bertz CT molecular complexity index is 1060. The number of aryl methyl sites for hydroxylation is 2. The number of unbranched alkanes of at least 4 members (excludes halogenated alkanes) is 2. The fourth-order valence-electron chi connectivity index (χ4n) is 3.46. The number of benzene rings is 1. The first-order valence-corrected chi connectivity index (χ1v) is 10.1. The van der Waals surface area contributed by atoms with Gasteiger partial charge in [0.15, 0.2) is 5.43 Å². The molecule has 3 aromatic rings. The van der Waals surface area contributed by atoms with Gasteiger partial charge in [0.25, 0.3) is 5.91 Å². The zero-order valence-corrected chi connectivity index (χ0v) is 17.2. The maximum atomic E-state index is 13.2. The van der Waals surface area contributed by atoms with E-state index in [1.165, 1.54) is 0 Å². The van der Waals surface area contributed by atoms with Crippen molar-refractivity contribution in [1.29, 1.82) is 0 Å². The molecular weight excluding hydrogens is 362 g/mol. The van der Waals surface area contributed by atoms with Crippen molar-refractivity contribution in [2.75, 3.05) is 5.32 Å². The fourth-order valence-corrected chi connectivity index (χ4v) is 3.46. The maximum Gasteiger partial charge on any atom is 0.261 e. The van der Waals surface area contributed by atoms with Gasteiger partial charge in [-0.25, -0.2) is 0 Å². The normalized spacial score (nSPS) is 10.7. The van der Waals surface area contributed by atoms with E-state index in [0.717, 1.165) is 37.1 Å². The number of para-hydroxylation sites is 1. The highest BCUT2D eigenvalue weighted by atomic mass is 16.2. The maximum absolute atomic E-state index is 13.2. The summed E-state index contributed by atoms with van der Waals surface area (Å²) in [6.45, 7) is 6.71. The monoisotopic (exact) mass is 389 g/mol. The van der Waals surface area contributed by atoms with Crippen molar-refractivity contribution in [3.8, 4) is 11.4 Å². The van der Waals surface area contributed by atoms with Gasteiger partial charge in [-0.3, -0.25) is 14.6 Å². The lowest BCUT2D eigenvalue weighted by molar-refractivity contribution is 0.102. The van der Waals surface area contributed by atoms with E-state index >= 15 is 0 Å². The van der Waals surface area contributed by atoms with Crippen LogP contribution in [-0.4, -0.2) is 15.5 Å². The van der Waals surface area contributed by atoms with Crippen molar-refractivity contribution in [2.45, 2.75) is 46.6 Å². The lowest BCUT2D eigenvalue weighted by Gasteiger charge is -2.20. The molecular formula is C24H27N3O2. The van der Waals surface area contributed by atoms with Crippen LogP contribution in [0.5, 0.6) is 0 Å². The van der Waals surface area contributed by atoms with E-state index in [1.807, 2.05) is 60.9 Å². The van der Waals surface area contributed by atoms with Crippen LogP contribution in [0.2, 0.25) is 0 Å². The minimum Gasteiger partial charge on any atom is -0.343 e. The Labute approximate surface area is 171 Å². The number of carbonyl (C=O) groups excluding carboxylic acids is 1. The average molecular weight is 389 g/mol. The largest absolute Gasteiger partial charge is 0.343 e. The fraction of sp³-hybridized carbons (Fsp3) is 0.292. The molecule has 0 saturated carbocycles. The van der Waals surface area contributed by atoms with Gasteiger partial charge in [0, 0.05) is 30.2 Å². The highest BCUT2D eigenvalue weighted by Crippen LogP contribution is 2.24. The molecule has 0 saturated heterocycles. The Kier molecular flexibility index (Phi) is 6.60. The van der Waals surface area contributed by atoms with Gasteiger partial charge in [0.05, 0.1) is 11.4 Å². The second-order valence-corrected chi connectivity index (χ2v) is 7.22. The molecule has 150 valence electrons. The minimum atomic E-state index is -0.408. The molecule has 0 aliphatic carbocycles. The molecule has 0 aliphatic heterocycles. The Morgan fingerprint density at radius 2 is 1.83 bits per heavy atom. The second-order valence-electron chi connectivity index (χ2n) is 7.22. The molecule has 0 unspecified atom stereocenters. The van der Waals surface area contributed by atoms with Crippen LogP contribution in [-0.2, 0) is 6.54 Å². The molecule has 0 radical (unpaired) electrons. The van der Waals surface area contributed by atoms with Gasteiger partial charge in [-0.2, -0.15) is 0 Å². The summed E-state index contributed by atoms with van der Waals surface area (Å²) < 4.78 is 2.05. The van der Waals surface area contributed by atoms with Crippen LogP contribution in [0.1, 0.15) is 47.8 Å². The number of aromatic nitrogens is 2. The summed E-state index contributed by atoms with van der Waals surface area (Å²) >= 11 is 0. The summed E-state index contributed by atoms with van der Waals surface area (Å²) in [4.78, 5) is 30.6. The van der Waals surface area contributed by atoms with E-state index in [-0.39, 0.29) is 11.0 Å². The zero-order chi connectivity index (χ0) is 20.8. The summed E-state index contributed by atoms with van der Waals surface area (Å²) in [6.07, 6.45) is 4.83. The molecule has 1 amide bonds. The Morgan fingerprint density at radius 1 is 1.07 bits per heavy atom. The molecule has 0 atom stereocenters. The number of hydrogen-bond acceptors (Lipinski definition) is 3. The number of hydrogen-bond donors (Lipinski definition) is 1.